The lowest BCUT2D eigenvalue weighted by atomic mass is 10.2. The summed E-state index contributed by atoms with van der Waals surface area (Å²) in [6.45, 7) is 1.85. The van der Waals surface area contributed by atoms with Crippen molar-refractivity contribution in [2.75, 3.05) is 0 Å². The van der Waals surface area contributed by atoms with Gasteiger partial charge in [0.05, 0.1) is 0 Å². The molecular weight excluding hydrogens is 286 g/mol. The van der Waals surface area contributed by atoms with Crippen molar-refractivity contribution in [2.45, 2.75) is 32.4 Å². The third-order valence-electron chi connectivity index (χ3n) is 3.10. The highest BCUT2D eigenvalue weighted by Crippen LogP contribution is 2.04. The number of nitrogens with zero attached hydrogens (tertiary/aromatic N) is 1. The van der Waals surface area contributed by atoms with Crippen LogP contribution in [0, 0.1) is 0 Å². The van der Waals surface area contributed by atoms with Gasteiger partial charge in [-0.2, -0.15) is 5.10 Å². The second-order valence-corrected chi connectivity index (χ2v) is 4.84. The molecule has 1 aromatic carbocycles. The Bertz CT molecular complexity index is 598. The van der Waals surface area contributed by atoms with E-state index in [9.17, 15) is 14.4 Å². The number of ether oxygens (including phenoxy) is 1. The second-order valence-electron chi connectivity index (χ2n) is 4.84. The highest BCUT2D eigenvalue weighted by atomic mass is 16.5. The van der Waals surface area contributed by atoms with Gasteiger partial charge in [0.25, 0.3) is 5.91 Å². The summed E-state index contributed by atoms with van der Waals surface area (Å²) in [5, 5.41) is 6.32. The molecule has 0 unspecified atom stereocenters. The third kappa shape index (κ3) is 4.41. The van der Waals surface area contributed by atoms with Crippen molar-refractivity contribution in [2.24, 2.45) is 5.10 Å². The fourth-order valence-electron chi connectivity index (χ4n) is 1.83. The summed E-state index contributed by atoms with van der Waals surface area (Å²) in [6, 6.07) is 9.41. The lowest BCUT2D eigenvalue weighted by Gasteiger charge is -2.15. The van der Waals surface area contributed by atoms with Crippen molar-refractivity contribution in [3.63, 3.8) is 0 Å². The molecule has 0 aliphatic carbocycles. The molecule has 2 amide bonds. The minimum Gasteiger partial charge on any atom is -0.448 e. The minimum absolute atomic E-state index is 0.113. The monoisotopic (exact) mass is 303 g/mol. The molecule has 1 heterocycles. The highest BCUT2D eigenvalue weighted by Gasteiger charge is 2.24. The number of nitrogens with one attached hydrogen (secondary N) is 2. The van der Waals surface area contributed by atoms with E-state index in [4.69, 9.17) is 4.74 Å². The molecule has 1 aliphatic heterocycles. The van der Waals surface area contributed by atoms with Crippen LogP contribution >= 0.6 is 0 Å². The van der Waals surface area contributed by atoms with E-state index >= 15 is 0 Å². The smallest absolute Gasteiger partial charge is 0.355 e. The van der Waals surface area contributed by atoms with Crippen LogP contribution in [0.2, 0.25) is 0 Å². The molecule has 0 aromatic heterocycles. The molecule has 1 atom stereocenters. The van der Waals surface area contributed by atoms with Gasteiger partial charge in [-0.15, -0.1) is 0 Å². The van der Waals surface area contributed by atoms with Crippen LogP contribution in [0.15, 0.2) is 35.4 Å². The maximum absolute atomic E-state index is 11.9. The van der Waals surface area contributed by atoms with Crippen LogP contribution in [0.25, 0.3) is 0 Å². The van der Waals surface area contributed by atoms with Crippen LogP contribution in [-0.2, 0) is 25.7 Å². The largest absolute Gasteiger partial charge is 0.448 e. The van der Waals surface area contributed by atoms with Crippen molar-refractivity contribution in [1.29, 1.82) is 0 Å². The first-order valence-corrected chi connectivity index (χ1v) is 6.94. The Hall–Kier alpha value is -2.70. The molecule has 0 spiro atoms. The number of hydrazone groups is 1. The average Bonchev–Trinajstić information content (AvgIpc) is 2.54. The van der Waals surface area contributed by atoms with Crippen molar-refractivity contribution < 1.29 is 19.1 Å². The first kappa shape index (κ1) is 15.7. The molecule has 0 saturated carbocycles. The quantitative estimate of drug-likeness (QED) is 0.774. The predicted octanol–water partition coefficient (Wildman–Crippen LogP) is 0.500. The number of hydrogen-bond acceptors (Lipinski definition) is 5. The lowest BCUT2D eigenvalue weighted by molar-refractivity contribution is -0.148. The molecule has 0 saturated heterocycles. The summed E-state index contributed by atoms with van der Waals surface area (Å²) in [6.07, 6.45) is -0.539. The normalized spacial score (nSPS) is 15.3. The van der Waals surface area contributed by atoms with E-state index in [0.29, 0.717) is 6.54 Å². The van der Waals surface area contributed by atoms with Gasteiger partial charge in [0.15, 0.2) is 6.10 Å². The molecule has 0 radical (unpaired) electrons. The van der Waals surface area contributed by atoms with Gasteiger partial charge in [0.1, 0.15) is 5.71 Å². The zero-order valence-corrected chi connectivity index (χ0v) is 12.2. The molecule has 1 aromatic rings. The van der Waals surface area contributed by atoms with Crippen LogP contribution in [0.3, 0.4) is 0 Å². The number of rotatable bonds is 5. The predicted molar refractivity (Wildman–Crippen MR) is 78.7 cm³/mol. The van der Waals surface area contributed by atoms with E-state index in [-0.39, 0.29) is 24.5 Å². The van der Waals surface area contributed by atoms with Gasteiger partial charge in [-0.25, -0.2) is 10.2 Å². The summed E-state index contributed by atoms with van der Waals surface area (Å²) in [4.78, 5) is 34.6. The standard InChI is InChI=1S/C15H17N3O4/c1-10(14(20)16-9-11-5-3-2-4-6-11)22-15(21)12-7-8-13(19)18-17-12/h2-6,10H,7-9H2,1H3,(H,16,20)(H,18,19)/t10-/m1/s1. The zero-order valence-electron chi connectivity index (χ0n) is 12.2. The first-order valence-electron chi connectivity index (χ1n) is 6.94. The Morgan fingerprint density at radius 3 is 2.68 bits per heavy atom. The molecule has 116 valence electrons. The highest BCUT2D eigenvalue weighted by molar-refractivity contribution is 6.37. The van der Waals surface area contributed by atoms with Crippen LogP contribution in [0.4, 0.5) is 0 Å². The Balaban J connectivity index is 1.81. The first-order chi connectivity index (χ1) is 10.6. The molecule has 22 heavy (non-hydrogen) atoms. The van der Waals surface area contributed by atoms with E-state index in [1.54, 1.807) is 0 Å². The summed E-state index contributed by atoms with van der Waals surface area (Å²) < 4.78 is 5.04. The minimum atomic E-state index is -0.934. The van der Waals surface area contributed by atoms with Gasteiger partial charge in [-0.3, -0.25) is 9.59 Å². The van der Waals surface area contributed by atoms with E-state index in [0.717, 1.165) is 5.56 Å². The van der Waals surface area contributed by atoms with Gasteiger partial charge >= 0.3 is 5.97 Å². The third-order valence-corrected chi connectivity index (χ3v) is 3.10. The Morgan fingerprint density at radius 1 is 1.32 bits per heavy atom. The van der Waals surface area contributed by atoms with E-state index < -0.39 is 18.0 Å². The molecule has 0 bridgehead atoms. The number of benzene rings is 1. The fraction of sp³-hybridized carbons (Fsp3) is 0.333. The van der Waals surface area contributed by atoms with Crippen LogP contribution < -0.4 is 10.7 Å². The fourth-order valence-corrected chi connectivity index (χ4v) is 1.83. The molecular formula is C15H17N3O4. The van der Waals surface area contributed by atoms with Crippen molar-refractivity contribution >= 4 is 23.5 Å². The van der Waals surface area contributed by atoms with Gasteiger partial charge in [-0.05, 0) is 12.5 Å². The van der Waals surface area contributed by atoms with Crippen LogP contribution in [0.1, 0.15) is 25.3 Å². The Labute approximate surface area is 127 Å². The van der Waals surface area contributed by atoms with Crippen LogP contribution in [-0.4, -0.2) is 29.6 Å². The molecule has 2 N–H and O–H groups in total. The maximum Gasteiger partial charge on any atom is 0.355 e. The van der Waals surface area contributed by atoms with E-state index in [1.807, 2.05) is 30.3 Å². The number of amides is 2. The Kier molecular flexibility index (Phi) is 5.24. The number of esters is 1. The molecule has 2 rings (SSSR count). The van der Waals surface area contributed by atoms with Crippen LogP contribution in [0.5, 0.6) is 0 Å². The maximum atomic E-state index is 11.9. The van der Waals surface area contributed by atoms with Gasteiger partial charge < -0.3 is 10.1 Å². The second kappa shape index (κ2) is 7.35. The number of carbonyl (C=O) groups is 3. The van der Waals surface area contributed by atoms with E-state index in [2.05, 4.69) is 15.8 Å². The lowest BCUT2D eigenvalue weighted by Crippen LogP contribution is -2.38. The Morgan fingerprint density at radius 2 is 2.05 bits per heavy atom. The van der Waals surface area contributed by atoms with Gasteiger partial charge in [0, 0.05) is 19.4 Å². The molecule has 7 heteroatoms. The summed E-state index contributed by atoms with van der Waals surface area (Å²) in [5.74, 6) is -1.33. The number of carbonyl (C=O) groups excluding carboxylic acids is 3. The van der Waals surface area contributed by atoms with Gasteiger partial charge in [0.2, 0.25) is 5.91 Å². The van der Waals surface area contributed by atoms with Crippen molar-refractivity contribution in [3.8, 4) is 0 Å². The topological polar surface area (TPSA) is 96.9 Å². The average molecular weight is 303 g/mol. The van der Waals surface area contributed by atoms with Crippen molar-refractivity contribution in [1.82, 2.24) is 10.7 Å². The molecule has 0 fully saturated rings. The van der Waals surface area contributed by atoms with Crippen molar-refractivity contribution in [3.05, 3.63) is 35.9 Å². The molecule has 7 nitrogen and oxygen atoms in total. The van der Waals surface area contributed by atoms with Gasteiger partial charge in [-0.1, -0.05) is 30.3 Å². The molecule has 1 aliphatic rings. The summed E-state index contributed by atoms with van der Waals surface area (Å²) in [5.41, 5.74) is 3.28. The SMILES string of the molecule is C[C@@H](OC(=O)C1=NNC(=O)CC1)C(=O)NCc1ccccc1. The van der Waals surface area contributed by atoms with E-state index in [1.165, 1.54) is 6.92 Å². The zero-order chi connectivity index (χ0) is 15.9. The summed E-state index contributed by atoms with van der Waals surface area (Å²) in [7, 11) is 0. The number of hydrogen-bond donors (Lipinski definition) is 2. The summed E-state index contributed by atoms with van der Waals surface area (Å²) >= 11 is 0.